The summed E-state index contributed by atoms with van der Waals surface area (Å²) in [5.41, 5.74) is 6.70. The molecule has 0 saturated carbocycles. The van der Waals surface area contributed by atoms with E-state index >= 15 is 4.39 Å². The molecule has 3 N–H and O–H groups in total. The number of nitrogens with one attached hydrogen (secondary N) is 3. The van der Waals surface area contributed by atoms with E-state index in [2.05, 4.69) is 41.9 Å². The Kier molecular flexibility index (Phi) is 4.84. The zero-order valence-electron chi connectivity index (χ0n) is 18.4. The summed E-state index contributed by atoms with van der Waals surface area (Å²) < 4.78 is 15.1. The molecule has 0 aliphatic carbocycles. The van der Waals surface area contributed by atoms with Crippen molar-refractivity contribution in [3.63, 3.8) is 0 Å². The van der Waals surface area contributed by atoms with Gasteiger partial charge in [0.15, 0.2) is 11.5 Å². The fraction of sp³-hybridized carbons (Fsp3) is 0.120. The van der Waals surface area contributed by atoms with Crippen LogP contribution in [0, 0.1) is 5.82 Å². The van der Waals surface area contributed by atoms with E-state index in [-0.39, 0.29) is 11.9 Å². The first kappa shape index (κ1) is 20.5. The normalized spacial score (nSPS) is 11.6. The van der Waals surface area contributed by atoms with Gasteiger partial charge in [-0.05, 0) is 54.4 Å². The van der Waals surface area contributed by atoms with Gasteiger partial charge < -0.3 is 10.3 Å². The number of rotatable bonds is 5. The lowest BCUT2D eigenvalue weighted by Gasteiger charge is -2.11. The van der Waals surface area contributed by atoms with Gasteiger partial charge in [-0.1, -0.05) is 0 Å². The van der Waals surface area contributed by atoms with Crippen molar-refractivity contribution in [3.05, 3.63) is 65.5 Å². The second kappa shape index (κ2) is 8.03. The molecule has 168 valence electrons. The molecular weight excluding hydrogens is 449 g/mol. The minimum Gasteiger partial charge on any atom is -0.382 e. The molecule has 0 aliphatic rings. The highest BCUT2D eigenvalue weighted by Gasteiger charge is 2.18. The van der Waals surface area contributed by atoms with Crippen molar-refractivity contribution in [2.45, 2.75) is 19.9 Å². The number of hydrogen-bond donors (Lipinski definition) is 3. The molecule has 0 unspecified atom stereocenters. The van der Waals surface area contributed by atoms with E-state index in [1.54, 1.807) is 36.0 Å². The van der Waals surface area contributed by atoms with E-state index in [4.69, 9.17) is 4.98 Å². The Morgan fingerprint density at radius 3 is 2.79 bits per heavy atom. The highest BCUT2D eigenvalue weighted by Crippen LogP contribution is 2.34. The maximum Gasteiger partial charge on any atom is 0.160 e. The topological polar surface area (TPSA) is 95.2 Å². The molecule has 0 atom stereocenters. The van der Waals surface area contributed by atoms with Crippen LogP contribution in [0.1, 0.15) is 13.8 Å². The third kappa shape index (κ3) is 3.50. The molecule has 34 heavy (non-hydrogen) atoms. The van der Waals surface area contributed by atoms with E-state index in [0.29, 0.717) is 33.8 Å². The van der Waals surface area contributed by atoms with Gasteiger partial charge in [0.1, 0.15) is 17.0 Å². The summed E-state index contributed by atoms with van der Waals surface area (Å²) >= 11 is 1.63. The van der Waals surface area contributed by atoms with Gasteiger partial charge in [-0.2, -0.15) is 16.4 Å². The molecule has 0 spiro atoms. The van der Waals surface area contributed by atoms with Crippen molar-refractivity contribution in [2.75, 3.05) is 5.32 Å². The number of hydrogen-bond acceptors (Lipinski definition) is 6. The molecule has 0 bridgehead atoms. The Morgan fingerprint density at radius 1 is 1.06 bits per heavy atom. The quantitative estimate of drug-likeness (QED) is 0.277. The first-order valence-corrected chi connectivity index (χ1v) is 11.8. The van der Waals surface area contributed by atoms with Crippen molar-refractivity contribution in [3.8, 4) is 33.8 Å². The molecule has 1 aromatic carbocycles. The summed E-state index contributed by atoms with van der Waals surface area (Å²) in [6, 6.07) is 9.40. The van der Waals surface area contributed by atoms with Gasteiger partial charge in [-0.15, -0.1) is 0 Å². The first-order valence-electron chi connectivity index (χ1n) is 10.8. The molecule has 5 aromatic heterocycles. The average Bonchev–Trinajstić information content (AvgIpc) is 3.57. The van der Waals surface area contributed by atoms with Crippen molar-refractivity contribution in [1.29, 1.82) is 0 Å². The highest BCUT2D eigenvalue weighted by atomic mass is 32.1. The lowest BCUT2D eigenvalue weighted by Crippen LogP contribution is -2.09. The lowest BCUT2D eigenvalue weighted by atomic mass is 10.0. The molecule has 5 heterocycles. The van der Waals surface area contributed by atoms with Crippen LogP contribution in [0.3, 0.4) is 0 Å². The van der Waals surface area contributed by atoms with E-state index in [1.807, 2.05) is 31.4 Å². The third-order valence-electron chi connectivity index (χ3n) is 5.60. The molecule has 6 aromatic rings. The minimum atomic E-state index is -0.350. The molecule has 9 heteroatoms. The fourth-order valence-corrected chi connectivity index (χ4v) is 4.77. The number of halogens is 1. The van der Waals surface area contributed by atoms with Crippen molar-refractivity contribution < 1.29 is 4.39 Å². The van der Waals surface area contributed by atoms with Crippen LogP contribution in [0.4, 0.5) is 10.1 Å². The number of aromatic amines is 2. The third-order valence-corrected chi connectivity index (χ3v) is 6.28. The second-order valence-corrected chi connectivity index (χ2v) is 9.14. The van der Waals surface area contributed by atoms with Crippen molar-refractivity contribution in [1.82, 2.24) is 30.1 Å². The molecule has 0 fully saturated rings. The highest BCUT2D eigenvalue weighted by molar-refractivity contribution is 7.08. The number of nitrogens with zero attached hydrogens (tertiary/aromatic N) is 4. The monoisotopic (exact) mass is 469 g/mol. The number of aromatic nitrogens is 6. The Labute approximate surface area is 198 Å². The maximum atomic E-state index is 15.1. The molecule has 0 amide bonds. The predicted molar refractivity (Wildman–Crippen MR) is 134 cm³/mol. The van der Waals surface area contributed by atoms with Crippen LogP contribution in [0.2, 0.25) is 0 Å². The summed E-state index contributed by atoms with van der Waals surface area (Å²) in [5, 5.41) is 15.6. The van der Waals surface area contributed by atoms with Crippen LogP contribution in [-0.2, 0) is 0 Å². The van der Waals surface area contributed by atoms with Crippen LogP contribution >= 0.6 is 11.3 Å². The number of anilines is 1. The number of fused-ring (bicyclic) bond motifs is 2. The van der Waals surface area contributed by atoms with Crippen molar-refractivity contribution in [2.24, 2.45) is 0 Å². The van der Waals surface area contributed by atoms with Gasteiger partial charge in [0.05, 0.1) is 11.2 Å². The summed E-state index contributed by atoms with van der Waals surface area (Å²) in [5.74, 6) is 0.222. The molecule has 7 nitrogen and oxygen atoms in total. The van der Waals surface area contributed by atoms with E-state index in [0.717, 1.165) is 27.7 Å². The molecular formula is C25H20FN7S. The largest absolute Gasteiger partial charge is 0.382 e. The second-order valence-electron chi connectivity index (χ2n) is 8.36. The van der Waals surface area contributed by atoms with Gasteiger partial charge in [-0.25, -0.2) is 14.4 Å². The Bertz CT molecular complexity index is 1630. The number of thiophene rings is 1. The zero-order valence-corrected chi connectivity index (χ0v) is 19.2. The van der Waals surface area contributed by atoms with Gasteiger partial charge in [0.2, 0.25) is 0 Å². The van der Waals surface area contributed by atoms with Crippen molar-refractivity contribution >= 4 is 39.1 Å². The van der Waals surface area contributed by atoms with Gasteiger partial charge >= 0.3 is 0 Å². The predicted octanol–water partition coefficient (Wildman–Crippen LogP) is 6.25. The number of H-pyrrole nitrogens is 2. The Morgan fingerprint density at radius 2 is 1.97 bits per heavy atom. The summed E-state index contributed by atoms with van der Waals surface area (Å²) in [6.45, 7) is 4.09. The average molecular weight is 470 g/mol. The lowest BCUT2D eigenvalue weighted by molar-refractivity contribution is 0.632. The smallest absolute Gasteiger partial charge is 0.160 e. The summed E-state index contributed by atoms with van der Waals surface area (Å²) in [7, 11) is 0. The van der Waals surface area contributed by atoms with Crippen LogP contribution in [0.15, 0.2) is 59.7 Å². The number of imidazole rings is 1. The fourth-order valence-electron chi connectivity index (χ4n) is 4.11. The SMILES string of the molecule is CC(C)Nc1cncc(-c2cc3c(-c4nc5c(-c6ccsc6)ccnc5[nH]4)n[nH]c3cc2F)c1. The molecule has 0 saturated heterocycles. The minimum absolute atomic E-state index is 0.241. The first-order chi connectivity index (χ1) is 16.6. The van der Waals surface area contributed by atoms with E-state index < -0.39 is 0 Å². The number of benzene rings is 1. The van der Waals surface area contributed by atoms with Gasteiger partial charge in [0.25, 0.3) is 0 Å². The summed E-state index contributed by atoms with van der Waals surface area (Å²) in [6.07, 6.45) is 5.15. The van der Waals surface area contributed by atoms with Crippen LogP contribution in [0.5, 0.6) is 0 Å². The Balaban J connectivity index is 1.48. The van der Waals surface area contributed by atoms with E-state index in [1.165, 1.54) is 6.07 Å². The van der Waals surface area contributed by atoms with Crippen LogP contribution in [-0.4, -0.2) is 36.2 Å². The molecule has 0 radical (unpaired) electrons. The maximum absolute atomic E-state index is 15.1. The standard InChI is InChI=1S/C25H20FN7S/c1-13(2)29-16-7-15(10-27-11-16)18-8-19-21(9-20(18)26)32-33-23(19)25-30-22-17(14-4-6-34-12-14)3-5-28-24(22)31-25/h3-13,29H,1-2H3,(H,32,33)(H,28,30,31). The van der Waals surface area contributed by atoms with E-state index in [9.17, 15) is 0 Å². The zero-order chi connectivity index (χ0) is 23.2. The number of pyridine rings is 2. The summed E-state index contributed by atoms with van der Waals surface area (Å²) in [4.78, 5) is 16.8. The van der Waals surface area contributed by atoms with Crippen LogP contribution < -0.4 is 5.32 Å². The Hall–Kier alpha value is -4.11. The van der Waals surface area contributed by atoms with Crippen LogP contribution in [0.25, 0.3) is 55.8 Å². The van der Waals surface area contributed by atoms with Gasteiger partial charge in [0, 0.05) is 52.8 Å². The van der Waals surface area contributed by atoms with Gasteiger partial charge in [-0.3, -0.25) is 10.1 Å². The molecule has 6 rings (SSSR count). The molecule has 0 aliphatic heterocycles.